The average Bonchev–Trinajstić information content (AvgIpc) is 2.51. The first kappa shape index (κ1) is 25.3. The lowest BCUT2D eigenvalue weighted by atomic mass is 10.0. The third kappa shape index (κ3) is 7.13. The molecule has 158 valence electrons. The summed E-state index contributed by atoms with van der Waals surface area (Å²) in [5.41, 5.74) is 0. The van der Waals surface area contributed by atoms with Gasteiger partial charge in [0.1, 0.15) is 0 Å². The highest BCUT2D eigenvalue weighted by Gasteiger charge is 2.81. The third-order valence-corrected chi connectivity index (χ3v) is 3.66. The van der Waals surface area contributed by atoms with Crippen LogP contribution in [0.15, 0.2) is 0 Å². The van der Waals surface area contributed by atoms with Crippen molar-refractivity contribution in [2.24, 2.45) is 0 Å². The second-order valence-corrected chi connectivity index (χ2v) is 5.83. The molecule has 2 nitrogen and oxygen atoms in total. The standard InChI is InChI=1S/C15H23F9O2/c1-25-9-6-4-2-3-5-7-10-26-11-8-12(16,17)13(18,19)14(20,21)15(22,23)24/h2-11H2,1H3. The van der Waals surface area contributed by atoms with Crippen molar-refractivity contribution in [3.8, 4) is 0 Å². The first-order valence-electron chi connectivity index (χ1n) is 8.08. The highest BCUT2D eigenvalue weighted by atomic mass is 19.4. The third-order valence-electron chi connectivity index (χ3n) is 3.66. The molecule has 0 rings (SSSR count). The number of unbranched alkanes of at least 4 members (excludes halogenated alkanes) is 5. The van der Waals surface area contributed by atoms with Crippen LogP contribution in [0, 0.1) is 0 Å². The lowest BCUT2D eigenvalue weighted by Crippen LogP contribution is -2.61. The molecule has 0 radical (unpaired) electrons. The topological polar surface area (TPSA) is 18.5 Å². The Bertz CT molecular complexity index is 384. The maximum atomic E-state index is 13.2. The SMILES string of the molecule is COCCCCCCCCOCCC(F)(F)C(F)(F)C(F)(F)C(F)(F)F. The highest BCUT2D eigenvalue weighted by Crippen LogP contribution is 2.53. The molecule has 0 aromatic rings. The number of ether oxygens (including phenoxy) is 2. The monoisotopic (exact) mass is 406 g/mol. The number of alkyl halides is 9. The molecule has 0 atom stereocenters. The minimum Gasteiger partial charge on any atom is -0.385 e. The van der Waals surface area contributed by atoms with Gasteiger partial charge in [-0.25, -0.2) is 0 Å². The smallest absolute Gasteiger partial charge is 0.385 e. The summed E-state index contributed by atoms with van der Waals surface area (Å²) < 4.78 is 123. The van der Waals surface area contributed by atoms with Crippen LogP contribution in [0.1, 0.15) is 44.9 Å². The molecule has 0 aliphatic rings. The summed E-state index contributed by atoms with van der Waals surface area (Å²) in [6.07, 6.45) is -4.01. The first-order valence-corrected chi connectivity index (χ1v) is 8.08. The van der Waals surface area contributed by atoms with Gasteiger partial charge in [-0.15, -0.1) is 0 Å². The number of rotatable bonds is 14. The molecular formula is C15H23F9O2. The molecule has 26 heavy (non-hydrogen) atoms. The fourth-order valence-electron chi connectivity index (χ4n) is 2.02. The van der Waals surface area contributed by atoms with Crippen LogP contribution in [-0.4, -0.2) is 50.9 Å². The van der Waals surface area contributed by atoms with Crippen molar-refractivity contribution in [1.82, 2.24) is 0 Å². The van der Waals surface area contributed by atoms with Gasteiger partial charge in [-0.3, -0.25) is 0 Å². The molecule has 0 aromatic heterocycles. The van der Waals surface area contributed by atoms with E-state index in [0.717, 1.165) is 25.7 Å². The van der Waals surface area contributed by atoms with Crippen LogP contribution in [0.25, 0.3) is 0 Å². The molecule has 0 fully saturated rings. The fraction of sp³-hybridized carbons (Fsp3) is 1.00. The Labute approximate surface area is 146 Å². The Morgan fingerprint density at radius 2 is 1.04 bits per heavy atom. The van der Waals surface area contributed by atoms with E-state index in [0.29, 0.717) is 19.4 Å². The van der Waals surface area contributed by atoms with Crippen LogP contribution in [-0.2, 0) is 9.47 Å². The molecule has 0 saturated carbocycles. The molecule has 0 heterocycles. The molecule has 0 aliphatic carbocycles. The molecule has 0 N–H and O–H groups in total. The summed E-state index contributed by atoms with van der Waals surface area (Å²) in [5.74, 6) is -19.0. The van der Waals surface area contributed by atoms with Crippen molar-refractivity contribution >= 4 is 0 Å². The number of hydrogen-bond donors (Lipinski definition) is 0. The van der Waals surface area contributed by atoms with E-state index in [1.54, 1.807) is 7.11 Å². The van der Waals surface area contributed by atoms with Crippen molar-refractivity contribution in [3.05, 3.63) is 0 Å². The van der Waals surface area contributed by atoms with E-state index < -0.39 is 37.0 Å². The largest absolute Gasteiger partial charge is 0.460 e. The zero-order valence-corrected chi connectivity index (χ0v) is 14.3. The molecule has 0 amide bonds. The van der Waals surface area contributed by atoms with E-state index in [1.807, 2.05) is 0 Å². The van der Waals surface area contributed by atoms with Gasteiger partial charge in [0, 0.05) is 26.7 Å². The molecule has 0 bridgehead atoms. The summed E-state index contributed by atoms with van der Waals surface area (Å²) in [7, 11) is 1.58. The second kappa shape index (κ2) is 10.6. The predicted molar refractivity (Wildman–Crippen MR) is 75.9 cm³/mol. The van der Waals surface area contributed by atoms with Crippen molar-refractivity contribution in [1.29, 1.82) is 0 Å². The van der Waals surface area contributed by atoms with E-state index in [-0.39, 0.29) is 6.61 Å². The number of methoxy groups -OCH3 is 1. The molecule has 0 aliphatic heterocycles. The van der Waals surface area contributed by atoms with Crippen LogP contribution < -0.4 is 0 Å². The van der Waals surface area contributed by atoms with Gasteiger partial charge in [0.25, 0.3) is 0 Å². The molecule has 0 unspecified atom stereocenters. The van der Waals surface area contributed by atoms with Crippen molar-refractivity contribution in [2.45, 2.75) is 68.9 Å². The summed E-state index contributed by atoms with van der Waals surface area (Å²) >= 11 is 0. The van der Waals surface area contributed by atoms with E-state index in [1.165, 1.54) is 0 Å². The van der Waals surface area contributed by atoms with Gasteiger partial charge in [0.2, 0.25) is 0 Å². The Balaban J connectivity index is 4.11. The van der Waals surface area contributed by atoms with Gasteiger partial charge in [-0.2, -0.15) is 39.5 Å². The van der Waals surface area contributed by atoms with Crippen molar-refractivity contribution < 1.29 is 49.0 Å². The summed E-state index contributed by atoms with van der Waals surface area (Å²) in [4.78, 5) is 0. The maximum Gasteiger partial charge on any atom is 0.460 e. The van der Waals surface area contributed by atoms with Gasteiger partial charge in [-0.1, -0.05) is 25.7 Å². The Kier molecular flexibility index (Phi) is 10.3. The Morgan fingerprint density at radius 1 is 0.577 bits per heavy atom. The molecule has 0 spiro atoms. The molecule has 0 saturated heterocycles. The number of halogens is 9. The molecule has 0 aromatic carbocycles. The zero-order chi connectivity index (χ0) is 20.5. The predicted octanol–water partition coefficient (Wildman–Crippen LogP) is 5.85. The second-order valence-electron chi connectivity index (χ2n) is 5.83. The van der Waals surface area contributed by atoms with Gasteiger partial charge >= 0.3 is 23.9 Å². The average molecular weight is 406 g/mol. The van der Waals surface area contributed by atoms with Gasteiger partial charge in [-0.05, 0) is 12.8 Å². The molecular weight excluding hydrogens is 383 g/mol. The van der Waals surface area contributed by atoms with Crippen LogP contribution >= 0.6 is 0 Å². The van der Waals surface area contributed by atoms with Crippen LogP contribution in [0.2, 0.25) is 0 Å². The Hall–Kier alpha value is -0.710. The van der Waals surface area contributed by atoms with Crippen molar-refractivity contribution in [3.63, 3.8) is 0 Å². The van der Waals surface area contributed by atoms with E-state index >= 15 is 0 Å². The molecule has 11 heteroatoms. The minimum atomic E-state index is -6.84. The minimum absolute atomic E-state index is 0.0740. The maximum absolute atomic E-state index is 13.2. The lowest BCUT2D eigenvalue weighted by molar-refractivity contribution is -0.397. The van der Waals surface area contributed by atoms with Gasteiger partial charge in [0.05, 0.1) is 6.61 Å². The summed E-state index contributed by atoms with van der Waals surface area (Å²) in [6.45, 7) is -0.477. The quantitative estimate of drug-likeness (QED) is 0.266. The normalized spacial score (nSPS) is 14.1. The fourth-order valence-corrected chi connectivity index (χ4v) is 2.02. The highest BCUT2D eigenvalue weighted by molar-refractivity contribution is 5.00. The van der Waals surface area contributed by atoms with Crippen LogP contribution in [0.4, 0.5) is 39.5 Å². The van der Waals surface area contributed by atoms with Gasteiger partial charge in [0.15, 0.2) is 0 Å². The van der Waals surface area contributed by atoms with Crippen LogP contribution in [0.5, 0.6) is 0 Å². The Morgan fingerprint density at radius 3 is 1.50 bits per heavy atom. The van der Waals surface area contributed by atoms with E-state index in [4.69, 9.17) is 4.74 Å². The van der Waals surface area contributed by atoms with Gasteiger partial charge < -0.3 is 9.47 Å². The van der Waals surface area contributed by atoms with E-state index in [2.05, 4.69) is 4.74 Å². The van der Waals surface area contributed by atoms with Crippen molar-refractivity contribution in [2.75, 3.05) is 26.9 Å². The lowest BCUT2D eigenvalue weighted by Gasteiger charge is -2.33. The summed E-state index contributed by atoms with van der Waals surface area (Å²) in [6, 6.07) is 0. The number of hydrogen-bond acceptors (Lipinski definition) is 2. The first-order chi connectivity index (χ1) is 11.8. The van der Waals surface area contributed by atoms with E-state index in [9.17, 15) is 39.5 Å². The zero-order valence-electron chi connectivity index (χ0n) is 14.3. The summed E-state index contributed by atoms with van der Waals surface area (Å²) in [5, 5.41) is 0. The van der Waals surface area contributed by atoms with Crippen LogP contribution in [0.3, 0.4) is 0 Å².